The molecule has 0 spiro atoms. The van der Waals surface area contributed by atoms with E-state index in [1.54, 1.807) is 0 Å². The van der Waals surface area contributed by atoms with Crippen LogP contribution in [0.25, 0.3) is 0 Å². The Morgan fingerprint density at radius 2 is 2.06 bits per heavy atom. The minimum Gasteiger partial charge on any atom is -0.371 e. The zero-order chi connectivity index (χ0) is 11.5. The predicted molar refractivity (Wildman–Crippen MR) is 72.7 cm³/mol. The monoisotopic (exact) mass is 282 g/mol. The molecule has 88 valence electrons. The van der Waals surface area contributed by atoms with Gasteiger partial charge >= 0.3 is 0 Å². The highest BCUT2D eigenvalue weighted by atomic mass is 79.9. The molecule has 2 nitrogen and oxygen atoms in total. The molecule has 0 heterocycles. The van der Waals surface area contributed by atoms with Gasteiger partial charge in [0.15, 0.2) is 0 Å². The average molecular weight is 283 g/mol. The highest BCUT2D eigenvalue weighted by molar-refractivity contribution is 9.10. The fourth-order valence-electron chi connectivity index (χ4n) is 2.53. The maximum absolute atomic E-state index is 5.80. The van der Waals surface area contributed by atoms with E-state index in [0.29, 0.717) is 12.6 Å². The van der Waals surface area contributed by atoms with Gasteiger partial charge in [0, 0.05) is 29.8 Å². The van der Waals surface area contributed by atoms with E-state index in [2.05, 4.69) is 46.1 Å². The van der Waals surface area contributed by atoms with Crippen molar-refractivity contribution in [2.75, 3.05) is 11.9 Å². The van der Waals surface area contributed by atoms with E-state index in [1.165, 1.54) is 36.9 Å². The lowest BCUT2D eigenvalue weighted by Crippen LogP contribution is -2.30. The molecule has 1 saturated carbocycles. The van der Waals surface area contributed by atoms with Crippen LogP contribution in [0.1, 0.15) is 31.2 Å². The van der Waals surface area contributed by atoms with E-state index in [9.17, 15) is 0 Å². The number of rotatable bonds is 3. The first-order valence-electron chi connectivity index (χ1n) is 5.93. The van der Waals surface area contributed by atoms with Gasteiger partial charge in [-0.1, -0.05) is 34.8 Å². The Kier molecular flexibility index (Phi) is 3.87. The Balaban J connectivity index is 2.26. The molecule has 0 radical (unpaired) electrons. The number of nitrogens with zero attached hydrogens (tertiary/aromatic N) is 1. The molecule has 3 heteroatoms. The van der Waals surface area contributed by atoms with E-state index in [4.69, 9.17) is 5.73 Å². The number of halogens is 1. The van der Waals surface area contributed by atoms with E-state index in [-0.39, 0.29) is 0 Å². The summed E-state index contributed by atoms with van der Waals surface area (Å²) in [6.07, 6.45) is 5.35. The van der Waals surface area contributed by atoms with Crippen LogP contribution in [0.5, 0.6) is 0 Å². The molecule has 0 aromatic heterocycles. The lowest BCUT2D eigenvalue weighted by molar-refractivity contribution is 0.650. The third-order valence-corrected chi connectivity index (χ3v) is 4.01. The van der Waals surface area contributed by atoms with Gasteiger partial charge in [-0.05, 0) is 30.5 Å². The van der Waals surface area contributed by atoms with Gasteiger partial charge < -0.3 is 10.6 Å². The molecule has 1 aromatic carbocycles. The van der Waals surface area contributed by atoms with Crippen LogP contribution in [0.2, 0.25) is 0 Å². The van der Waals surface area contributed by atoms with Crippen molar-refractivity contribution < 1.29 is 0 Å². The summed E-state index contributed by atoms with van der Waals surface area (Å²) in [6, 6.07) is 7.05. The minimum absolute atomic E-state index is 0.611. The van der Waals surface area contributed by atoms with E-state index < -0.39 is 0 Å². The molecule has 0 aliphatic heterocycles. The standard InChI is InChI=1S/C13H19BrN2/c1-16(12-4-2-3-5-12)13-8-11(14)7-6-10(13)9-15/h6-8,12H,2-5,9,15H2,1H3. The molecule has 1 aliphatic rings. The number of benzene rings is 1. The largest absolute Gasteiger partial charge is 0.371 e. The van der Waals surface area contributed by atoms with Crippen LogP contribution in [0.4, 0.5) is 5.69 Å². The number of nitrogens with two attached hydrogens (primary N) is 1. The van der Waals surface area contributed by atoms with Crippen LogP contribution in [-0.2, 0) is 6.54 Å². The first-order valence-corrected chi connectivity index (χ1v) is 6.73. The van der Waals surface area contributed by atoms with Crippen LogP contribution in [0.3, 0.4) is 0 Å². The number of hydrogen-bond acceptors (Lipinski definition) is 2. The SMILES string of the molecule is CN(c1cc(Br)ccc1CN)C1CCCC1. The van der Waals surface area contributed by atoms with Gasteiger partial charge in [-0.25, -0.2) is 0 Å². The Hall–Kier alpha value is -0.540. The van der Waals surface area contributed by atoms with Crippen molar-refractivity contribution in [1.82, 2.24) is 0 Å². The highest BCUT2D eigenvalue weighted by Gasteiger charge is 2.21. The summed E-state index contributed by atoms with van der Waals surface area (Å²) in [4.78, 5) is 2.40. The molecule has 2 rings (SSSR count). The normalized spacial score (nSPS) is 16.7. The van der Waals surface area contributed by atoms with Crippen LogP contribution in [0.15, 0.2) is 22.7 Å². The molecular weight excluding hydrogens is 264 g/mol. The van der Waals surface area contributed by atoms with Gasteiger partial charge in [0.25, 0.3) is 0 Å². The second kappa shape index (κ2) is 5.19. The summed E-state index contributed by atoms with van der Waals surface area (Å²) in [6.45, 7) is 0.611. The zero-order valence-corrected chi connectivity index (χ0v) is 11.3. The van der Waals surface area contributed by atoms with Crippen molar-refractivity contribution in [3.63, 3.8) is 0 Å². The summed E-state index contributed by atoms with van der Waals surface area (Å²) in [5, 5.41) is 0. The second-order valence-electron chi connectivity index (χ2n) is 4.53. The predicted octanol–water partition coefficient (Wildman–Crippen LogP) is 3.29. The van der Waals surface area contributed by atoms with Gasteiger partial charge in [0.05, 0.1) is 0 Å². The topological polar surface area (TPSA) is 29.3 Å². The fourth-order valence-corrected chi connectivity index (χ4v) is 2.88. The maximum atomic E-state index is 5.80. The number of anilines is 1. The molecule has 0 saturated heterocycles. The third-order valence-electron chi connectivity index (χ3n) is 3.52. The molecule has 0 unspecified atom stereocenters. The summed E-state index contributed by atoms with van der Waals surface area (Å²) in [5.74, 6) is 0. The Labute approximate surface area is 106 Å². The molecule has 1 aromatic rings. The Bertz CT molecular complexity index is 359. The van der Waals surface area contributed by atoms with Crippen LogP contribution in [-0.4, -0.2) is 13.1 Å². The smallest absolute Gasteiger partial charge is 0.0422 e. The van der Waals surface area contributed by atoms with Crippen LogP contribution >= 0.6 is 15.9 Å². The Morgan fingerprint density at radius 3 is 2.69 bits per heavy atom. The average Bonchev–Trinajstić information content (AvgIpc) is 2.81. The van der Waals surface area contributed by atoms with Gasteiger partial charge in [0.2, 0.25) is 0 Å². The summed E-state index contributed by atoms with van der Waals surface area (Å²) in [5.41, 5.74) is 8.31. The molecule has 1 fully saturated rings. The second-order valence-corrected chi connectivity index (χ2v) is 5.44. The van der Waals surface area contributed by atoms with Crippen molar-refractivity contribution in [2.45, 2.75) is 38.3 Å². The van der Waals surface area contributed by atoms with Gasteiger partial charge in [-0.2, -0.15) is 0 Å². The van der Waals surface area contributed by atoms with Crippen molar-refractivity contribution >= 4 is 21.6 Å². The van der Waals surface area contributed by atoms with Gasteiger partial charge in [-0.3, -0.25) is 0 Å². The van der Waals surface area contributed by atoms with Crippen molar-refractivity contribution in [3.8, 4) is 0 Å². The molecule has 1 aliphatic carbocycles. The Morgan fingerprint density at radius 1 is 1.38 bits per heavy atom. The van der Waals surface area contributed by atoms with Crippen molar-refractivity contribution in [3.05, 3.63) is 28.2 Å². The molecular formula is C13H19BrN2. The molecule has 16 heavy (non-hydrogen) atoms. The van der Waals surface area contributed by atoms with E-state index in [0.717, 1.165) is 4.47 Å². The summed E-state index contributed by atoms with van der Waals surface area (Å²) < 4.78 is 1.13. The van der Waals surface area contributed by atoms with Crippen LogP contribution < -0.4 is 10.6 Å². The van der Waals surface area contributed by atoms with Gasteiger partial charge in [0.1, 0.15) is 0 Å². The summed E-state index contributed by atoms with van der Waals surface area (Å²) in [7, 11) is 2.19. The summed E-state index contributed by atoms with van der Waals surface area (Å²) >= 11 is 3.53. The lowest BCUT2D eigenvalue weighted by atomic mass is 10.1. The van der Waals surface area contributed by atoms with Crippen molar-refractivity contribution in [2.24, 2.45) is 5.73 Å². The third kappa shape index (κ3) is 2.41. The van der Waals surface area contributed by atoms with Gasteiger partial charge in [-0.15, -0.1) is 0 Å². The van der Waals surface area contributed by atoms with Crippen LogP contribution in [0, 0.1) is 0 Å². The molecule has 0 atom stereocenters. The van der Waals surface area contributed by atoms with E-state index in [1.807, 2.05) is 0 Å². The van der Waals surface area contributed by atoms with E-state index >= 15 is 0 Å². The quantitative estimate of drug-likeness (QED) is 0.922. The zero-order valence-electron chi connectivity index (χ0n) is 9.75. The molecule has 0 bridgehead atoms. The van der Waals surface area contributed by atoms with Crippen molar-refractivity contribution in [1.29, 1.82) is 0 Å². The first kappa shape index (κ1) is 11.9. The first-order chi connectivity index (χ1) is 7.72. The molecule has 2 N–H and O–H groups in total. The minimum atomic E-state index is 0.611. The number of hydrogen-bond donors (Lipinski definition) is 1. The maximum Gasteiger partial charge on any atom is 0.0422 e. The fraction of sp³-hybridized carbons (Fsp3) is 0.538. The molecule has 0 amide bonds. The lowest BCUT2D eigenvalue weighted by Gasteiger charge is -2.28. The highest BCUT2D eigenvalue weighted by Crippen LogP contribution is 2.30.